The van der Waals surface area contributed by atoms with Gasteiger partial charge in [0.05, 0.1) is 17.2 Å². The van der Waals surface area contributed by atoms with Crippen LogP contribution in [-0.2, 0) is 11.2 Å². The third-order valence-electron chi connectivity index (χ3n) is 3.49. The van der Waals surface area contributed by atoms with Gasteiger partial charge in [0.25, 0.3) is 0 Å². The number of carbonyl (C=O) groups excluding carboxylic acids is 1. The molecule has 3 nitrogen and oxygen atoms in total. The number of amides is 1. The molecule has 18 heavy (non-hydrogen) atoms. The molecule has 0 atom stereocenters. The van der Waals surface area contributed by atoms with Gasteiger partial charge >= 0.3 is 0 Å². The lowest BCUT2D eigenvalue weighted by Gasteiger charge is -2.27. The molecule has 2 rings (SSSR count). The molecule has 5 heteroatoms. The molecule has 100 valence electrons. The zero-order valence-electron chi connectivity index (χ0n) is 10.2. The fourth-order valence-electron chi connectivity index (χ4n) is 2.45. The Morgan fingerprint density at radius 3 is 2.78 bits per heavy atom. The van der Waals surface area contributed by atoms with Crippen molar-refractivity contribution >= 4 is 28.8 Å². The number of hydrogen-bond donors (Lipinski definition) is 2. The van der Waals surface area contributed by atoms with Crippen molar-refractivity contribution in [3.8, 4) is 0 Å². The molecule has 1 amide bonds. The van der Waals surface area contributed by atoms with Crippen molar-refractivity contribution in [1.29, 1.82) is 0 Å². The number of halogens is 1. The zero-order valence-corrected chi connectivity index (χ0v) is 11.8. The highest BCUT2D eigenvalue weighted by Crippen LogP contribution is 2.29. The second kappa shape index (κ2) is 6.04. The third kappa shape index (κ3) is 3.46. The van der Waals surface area contributed by atoms with Gasteiger partial charge in [-0.1, -0.05) is 24.4 Å². The summed E-state index contributed by atoms with van der Waals surface area (Å²) in [4.78, 5) is 13.0. The maximum absolute atomic E-state index is 11.9. The predicted molar refractivity (Wildman–Crippen MR) is 74.1 cm³/mol. The quantitative estimate of drug-likeness (QED) is 0.875. The lowest BCUT2D eigenvalue weighted by Crippen LogP contribution is -2.49. The molecule has 1 saturated carbocycles. The summed E-state index contributed by atoms with van der Waals surface area (Å²) in [7, 11) is 0. The summed E-state index contributed by atoms with van der Waals surface area (Å²) in [6.45, 7) is 0.0452. The van der Waals surface area contributed by atoms with E-state index in [0.29, 0.717) is 12.8 Å². The highest BCUT2D eigenvalue weighted by atomic mass is 35.5. The van der Waals surface area contributed by atoms with Crippen molar-refractivity contribution in [3.63, 3.8) is 0 Å². The van der Waals surface area contributed by atoms with Gasteiger partial charge in [-0.25, -0.2) is 0 Å². The number of thiophene rings is 1. The first-order chi connectivity index (χ1) is 8.63. The Kier molecular flexibility index (Phi) is 4.65. The van der Waals surface area contributed by atoms with Gasteiger partial charge in [0.1, 0.15) is 0 Å². The van der Waals surface area contributed by atoms with Gasteiger partial charge in [-0.3, -0.25) is 4.79 Å². The van der Waals surface area contributed by atoms with Crippen LogP contribution in [-0.4, -0.2) is 23.2 Å². The number of rotatable bonds is 5. The Hall–Kier alpha value is -0.580. The molecular weight excluding hydrogens is 270 g/mol. The molecule has 0 aliphatic heterocycles. The van der Waals surface area contributed by atoms with Gasteiger partial charge in [0.15, 0.2) is 0 Å². The van der Waals surface area contributed by atoms with Gasteiger partial charge < -0.3 is 10.4 Å². The van der Waals surface area contributed by atoms with E-state index in [2.05, 4.69) is 5.32 Å². The molecule has 0 bridgehead atoms. The maximum atomic E-state index is 11.9. The molecule has 2 N–H and O–H groups in total. The van der Waals surface area contributed by atoms with E-state index in [4.69, 9.17) is 11.6 Å². The lowest BCUT2D eigenvalue weighted by molar-refractivity contribution is -0.123. The molecule has 0 spiro atoms. The van der Waals surface area contributed by atoms with E-state index < -0.39 is 0 Å². The monoisotopic (exact) mass is 287 g/mol. The van der Waals surface area contributed by atoms with Gasteiger partial charge in [0.2, 0.25) is 5.91 Å². The summed E-state index contributed by atoms with van der Waals surface area (Å²) in [6.07, 6.45) is 5.12. The Morgan fingerprint density at radius 2 is 2.22 bits per heavy atom. The number of aryl methyl sites for hydroxylation is 1. The predicted octanol–water partition coefficient (Wildman–Crippen LogP) is 2.76. The molecule has 1 aliphatic rings. The Bertz CT molecular complexity index is 413. The SMILES string of the molecule is O=C(CCc1cc(Cl)cs1)NC1(CO)CCCC1. The van der Waals surface area contributed by atoms with Crippen LogP contribution in [0.5, 0.6) is 0 Å². The van der Waals surface area contributed by atoms with Crippen LogP contribution in [0.15, 0.2) is 11.4 Å². The summed E-state index contributed by atoms with van der Waals surface area (Å²) < 4.78 is 0. The first-order valence-corrected chi connectivity index (χ1v) is 7.54. The number of carbonyl (C=O) groups is 1. The van der Waals surface area contributed by atoms with E-state index in [1.165, 1.54) is 0 Å². The van der Waals surface area contributed by atoms with Crippen LogP contribution in [0.4, 0.5) is 0 Å². The second-order valence-corrected chi connectivity index (χ2v) is 6.36. The Morgan fingerprint density at radius 1 is 1.50 bits per heavy atom. The third-order valence-corrected chi connectivity index (χ3v) is 4.83. The van der Waals surface area contributed by atoms with Crippen LogP contribution in [0.1, 0.15) is 37.0 Å². The normalized spacial score (nSPS) is 17.9. The minimum atomic E-state index is -0.357. The maximum Gasteiger partial charge on any atom is 0.220 e. The average molecular weight is 288 g/mol. The van der Waals surface area contributed by atoms with Crippen LogP contribution in [0, 0.1) is 0 Å². The molecular formula is C13H18ClNO2S. The summed E-state index contributed by atoms with van der Waals surface area (Å²) >= 11 is 7.41. The summed E-state index contributed by atoms with van der Waals surface area (Å²) in [5, 5.41) is 15.0. The van der Waals surface area contributed by atoms with E-state index >= 15 is 0 Å². The van der Waals surface area contributed by atoms with Crippen molar-refractivity contribution < 1.29 is 9.90 Å². The lowest BCUT2D eigenvalue weighted by atomic mass is 9.98. The fraction of sp³-hybridized carbons (Fsp3) is 0.615. The summed E-state index contributed by atoms with van der Waals surface area (Å²) in [5.74, 6) is 0.0236. The van der Waals surface area contributed by atoms with Crippen LogP contribution in [0.3, 0.4) is 0 Å². The number of aliphatic hydroxyl groups is 1. The van der Waals surface area contributed by atoms with E-state index in [0.717, 1.165) is 35.6 Å². The number of nitrogens with one attached hydrogen (secondary N) is 1. The van der Waals surface area contributed by atoms with Crippen LogP contribution < -0.4 is 5.32 Å². The Balaban J connectivity index is 1.81. The van der Waals surface area contributed by atoms with Crippen molar-refractivity contribution in [1.82, 2.24) is 5.32 Å². The van der Waals surface area contributed by atoms with Crippen molar-refractivity contribution in [3.05, 3.63) is 21.3 Å². The molecule has 1 aliphatic carbocycles. The summed E-state index contributed by atoms with van der Waals surface area (Å²) in [5.41, 5.74) is -0.357. The summed E-state index contributed by atoms with van der Waals surface area (Å²) in [6, 6.07) is 1.90. The van der Waals surface area contributed by atoms with Crippen molar-refractivity contribution in [2.75, 3.05) is 6.61 Å². The smallest absolute Gasteiger partial charge is 0.220 e. The van der Waals surface area contributed by atoms with E-state index in [9.17, 15) is 9.90 Å². The molecule has 1 fully saturated rings. The highest BCUT2D eigenvalue weighted by molar-refractivity contribution is 7.10. The van der Waals surface area contributed by atoms with Crippen molar-refractivity contribution in [2.45, 2.75) is 44.1 Å². The first kappa shape index (κ1) is 13.8. The van der Waals surface area contributed by atoms with Crippen LogP contribution >= 0.6 is 22.9 Å². The first-order valence-electron chi connectivity index (χ1n) is 6.28. The van der Waals surface area contributed by atoms with E-state index in [1.807, 2.05) is 11.4 Å². The average Bonchev–Trinajstić information content (AvgIpc) is 2.97. The molecule has 1 aromatic rings. The standard InChI is InChI=1S/C13H18ClNO2S/c14-10-7-11(18-8-10)3-4-12(17)15-13(9-16)5-1-2-6-13/h7-8,16H,1-6,9H2,(H,15,17). The van der Waals surface area contributed by atoms with Crippen molar-refractivity contribution in [2.24, 2.45) is 0 Å². The number of hydrogen-bond acceptors (Lipinski definition) is 3. The van der Waals surface area contributed by atoms with Gasteiger partial charge in [-0.15, -0.1) is 11.3 Å². The van der Waals surface area contributed by atoms with E-state index in [-0.39, 0.29) is 18.1 Å². The van der Waals surface area contributed by atoms with Crippen LogP contribution in [0.25, 0.3) is 0 Å². The molecule has 0 saturated heterocycles. The topological polar surface area (TPSA) is 49.3 Å². The largest absolute Gasteiger partial charge is 0.394 e. The molecule has 0 aromatic carbocycles. The second-order valence-electron chi connectivity index (χ2n) is 4.92. The molecule has 1 aromatic heterocycles. The van der Waals surface area contributed by atoms with Gasteiger partial charge in [-0.2, -0.15) is 0 Å². The Labute approximate surface area is 116 Å². The molecule has 1 heterocycles. The van der Waals surface area contributed by atoms with Crippen LogP contribution in [0.2, 0.25) is 5.02 Å². The van der Waals surface area contributed by atoms with E-state index in [1.54, 1.807) is 11.3 Å². The minimum Gasteiger partial charge on any atom is -0.394 e. The minimum absolute atomic E-state index is 0.0236. The zero-order chi connectivity index (χ0) is 13.0. The number of aliphatic hydroxyl groups excluding tert-OH is 1. The molecule has 0 radical (unpaired) electrons. The van der Waals surface area contributed by atoms with Gasteiger partial charge in [0, 0.05) is 16.7 Å². The fourth-order valence-corrected chi connectivity index (χ4v) is 3.53. The van der Waals surface area contributed by atoms with Gasteiger partial charge in [-0.05, 0) is 25.3 Å². The highest BCUT2D eigenvalue weighted by Gasteiger charge is 2.34. The molecule has 0 unspecified atom stereocenters.